The molecular formula is C23H32N4O4Pt. The number of pyridine rings is 1. The van der Waals surface area contributed by atoms with E-state index in [-0.39, 0.29) is 27.2 Å². The van der Waals surface area contributed by atoms with Crippen LogP contribution < -0.4 is 27.0 Å². The molecule has 0 fully saturated rings. The molecular weight excluding hydrogens is 591 g/mol. The molecule has 0 aliphatic rings. The Morgan fingerprint density at radius 3 is 1.78 bits per heavy atom. The van der Waals surface area contributed by atoms with Crippen LogP contribution in [0.4, 0.5) is 9.59 Å². The smallest absolute Gasteiger partial charge is 0.530 e. The SMILES string of the molecule is CCCCNC(=O)[O-].CCCCNC(=O)[O-].N.[Pt+2].c1ccc2c(c1)cnc1ccccc12. The van der Waals surface area contributed by atoms with Crippen LogP contribution >= 0.6 is 0 Å². The number of fused-ring (bicyclic) bond motifs is 3. The molecule has 3 rings (SSSR count). The second-order valence-electron chi connectivity index (χ2n) is 6.50. The Kier molecular flexibility index (Phi) is 18.7. The summed E-state index contributed by atoms with van der Waals surface area (Å²) in [6.45, 7) is 5.02. The van der Waals surface area contributed by atoms with Gasteiger partial charge in [0.15, 0.2) is 0 Å². The average molecular weight is 624 g/mol. The van der Waals surface area contributed by atoms with Gasteiger partial charge in [-0.05, 0) is 24.3 Å². The molecule has 1 aromatic heterocycles. The van der Waals surface area contributed by atoms with Crippen molar-refractivity contribution >= 4 is 33.9 Å². The number of carbonyl (C=O) groups excluding carboxylic acids is 2. The van der Waals surface area contributed by atoms with Crippen LogP contribution in [-0.2, 0) is 21.1 Å². The van der Waals surface area contributed by atoms with Crippen LogP contribution in [0, 0.1) is 0 Å². The number of nitrogens with zero attached hydrogens (tertiary/aromatic N) is 1. The minimum Gasteiger partial charge on any atom is -0.530 e. The van der Waals surface area contributed by atoms with Gasteiger partial charge in [0.2, 0.25) is 0 Å². The number of nitrogens with one attached hydrogen (secondary N) is 2. The van der Waals surface area contributed by atoms with Crippen LogP contribution in [0.25, 0.3) is 21.7 Å². The number of benzene rings is 2. The van der Waals surface area contributed by atoms with E-state index in [2.05, 4.69) is 45.9 Å². The van der Waals surface area contributed by atoms with Crippen molar-refractivity contribution in [3.8, 4) is 0 Å². The molecule has 0 radical (unpaired) electrons. The molecule has 0 atom stereocenters. The Morgan fingerprint density at radius 1 is 0.812 bits per heavy atom. The van der Waals surface area contributed by atoms with Crippen molar-refractivity contribution in [1.29, 1.82) is 0 Å². The largest absolute Gasteiger partial charge is 2.00 e. The van der Waals surface area contributed by atoms with Gasteiger partial charge in [0.25, 0.3) is 0 Å². The molecule has 3 aromatic rings. The van der Waals surface area contributed by atoms with Gasteiger partial charge in [0, 0.05) is 30.1 Å². The average Bonchev–Trinajstić information content (AvgIpc) is 2.74. The predicted octanol–water partition coefficient (Wildman–Crippen LogP) is 2.99. The minimum atomic E-state index is -1.18. The molecule has 0 bridgehead atoms. The van der Waals surface area contributed by atoms with Crippen LogP contribution in [-0.4, -0.2) is 30.3 Å². The van der Waals surface area contributed by atoms with E-state index in [4.69, 9.17) is 0 Å². The van der Waals surface area contributed by atoms with Gasteiger partial charge in [-0.1, -0.05) is 69.2 Å². The Labute approximate surface area is 203 Å². The molecule has 0 spiro atoms. The summed E-state index contributed by atoms with van der Waals surface area (Å²) in [5, 5.41) is 27.3. The van der Waals surface area contributed by atoms with Crippen LogP contribution in [0.2, 0.25) is 0 Å². The van der Waals surface area contributed by atoms with Crippen molar-refractivity contribution < 1.29 is 40.9 Å². The standard InChI is InChI=1S/C13H9N.2C5H11NO2.H3N.Pt/c1-2-6-11-10(5-1)9-14-13-8-4-3-7-12(11)13;2*1-2-3-4-6-5(7)8;;/h1-9H;2*6H,2-4H2,1H3,(H,7,8);1H3;/q;;;;+2/p-2. The van der Waals surface area contributed by atoms with Crippen molar-refractivity contribution in [2.75, 3.05) is 13.1 Å². The number of hydrogen-bond acceptors (Lipinski definition) is 6. The van der Waals surface area contributed by atoms with Crippen LogP contribution in [0.3, 0.4) is 0 Å². The summed E-state index contributed by atoms with van der Waals surface area (Å²) in [6.07, 6.45) is 3.33. The molecule has 0 aliphatic heterocycles. The first kappa shape index (κ1) is 31.5. The van der Waals surface area contributed by atoms with E-state index in [0.29, 0.717) is 13.1 Å². The molecule has 2 aromatic carbocycles. The van der Waals surface area contributed by atoms with Crippen molar-refractivity contribution in [2.24, 2.45) is 0 Å². The van der Waals surface area contributed by atoms with E-state index in [1.165, 1.54) is 16.2 Å². The van der Waals surface area contributed by atoms with Crippen molar-refractivity contribution in [3.63, 3.8) is 0 Å². The molecule has 0 saturated carbocycles. The summed E-state index contributed by atoms with van der Waals surface area (Å²) in [4.78, 5) is 23.7. The molecule has 1 heterocycles. The fraction of sp³-hybridized carbons (Fsp3) is 0.348. The number of amides is 2. The zero-order valence-electron chi connectivity index (χ0n) is 18.5. The zero-order valence-corrected chi connectivity index (χ0v) is 20.8. The Bertz CT molecular complexity index is 850. The molecule has 0 aliphatic carbocycles. The number of para-hydroxylation sites is 1. The molecule has 2 amide bonds. The molecule has 0 saturated heterocycles. The maximum Gasteiger partial charge on any atom is 2.00 e. The van der Waals surface area contributed by atoms with E-state index in [9.17, 15) is 19.8 Å². The van der Waals surface area contributed by atoms with Crippen molar-refractivity contribution in [1.82, 2.24) is 21.8 Å². The van der Waals surface area contributed by atoms with E-state index in [1.54, 1.807) is 0 Å². The van der Waals surface area contributed by atoms with Gasteiger partial charge in [-0.25, -0.2) is 0 Å². The third-order valence-electron chi connectivity index (χ3n) is 4.10. The topological polar surface area (TPSA) is 152 Å². The normalized spacial score (nSPS) is 9.06. The van der Waals surface area contributed by atoms with Gasteiger partial charge in [-0.3, -0.25) is 4.98 Å². The van der Waals surface area contributed by atoms with E-state index < -0.39 is 12.2 Å². The van der Waals surface area contributed by atoms with Gasteiger partial charge in [0.05, 0.1) is 5.52 Å². The van der Waals surface area contributed by atoms with Gasteiger partial charge < -0.3 is 36.6 Å². The van der Waals surface area contributed by atoms with Crippen LogP contribution in [0.15, 0.2) is 54.7 Å². The quantitative estimate of drug-likeness (QED) is 0.284. The maximum absolute atomic E-state index is 9.65. The monoisotopic (exact) mass is 623 g/mol. The number of rotatable bonds is 6. The minimum absolute atomic E-state index is 0. The number of carbonyl (C=O) groups is 2. The number of hydrogen-bond donors (Lipinski definition) is 3. The Balaban J connectivity index is 0. The summed E-state index contributed by atoms with van der Waals surface area (Å²) in [5.41, 5.74) is 1.06. The van der Waals surface area contributed by atoms with Crippen molar-refractivity contribution in [3.05, 3.63) is 54.7 Å². The maximum atomic E-state index is 9.65. The molecule has 178 valence electrons. The number of aromatic nitrogens is 1. The summed E-state index contributed by atoms with van der Waals surface area (Å²) in [6, 6.07) is 16.6. The van der Waals surface area contributed by atoms with Crippen LogP contribution in [0.1, 0.15) is 39.5 Å². The van der Waals surface area contributed by atoms with Crippen molar-refractivity contribution in [2.45, 2.75) is 39.5 Å². The van der Waals surface area contributed by atoms with E-state index in [0.717, 1.165) is 31.2 Å². The van der Waals surface area contributed by atoms with Gasteiger partial charge in [-0.15, -0.1) is 0 Å². The molecule has 8 nitrogen and oxygen atoms in total. The van der Waals surface area contributed by atoms with Gasteiger partial charge in [-0.2, -0.15) is 0 Å². The number of unbranched alkanes of at least 4 members (excludes halogenated alkanes) is 2. The van der Waals surface area contributed by atoms with Crippen LogP contribution in [0.5, 0.6) is 0 Å². The summed E-state index contributed by atoms with van der Waals surface area (Å²) in [7, 11) is 0. The third-order valence-corrected chi connectivity index (χ3v) is 4.10. The first-order valence-corrected chi connectivity index (χ1v) is 10.1. The second-order valence-corrected chi connectivity index (χ2v) is 6.50. The summed E-state index contributed by atoms with van der Waals surface area (Å²) < 4.78 is 0. The predicted molar refractivity (Wildman–Crippen MR) is 121 cm³/mol. The first-order chi connectivity index (χ1) is 14.5. The van der Waals surface area contributed by atoms with Gasteiger partial charge >= 0.3 is 21.1 Å². The molecule has 9 heteroatoms. The fourth-order valence-electron chi connectivity index (χ4n) is 2.54. The molecule has 0 unspecified atom stereocenters. The molecule has 32 heavy (non-hydrogen) atoms. The van der Waals surface area contributed by atoms with Gasteiger partial charge in [0.1, 0.15) is 12.2 Å². The van der Waals surface area contributed by atoms with E-state index in [1.807, 2.05) is 38.2 Å². The number of carboxylic acid groups (broad SMARTS) is 2. The summed E-state index contributed by atoms with van der Waals surface area (Å²) in [5.74, 6) is 0. The third kappa shape index (κ3) is 12.9. The first-order valence-electron chi connectivity index (χ1n) is 10.1. The second kappa shape index (κ2) is 19.0. The molecule has 5 N–H and O–H groups in total. The van der Waals surface area contributed by atoms with E-state index >= 15 is 0 Å². The zero-order chi connectivity index (χ0) is 22.2. The Hall–Kier alpha value is -2.70. The fourth-order valence-corrected chi connectivity index (χ4v) is 2.54. The summed E-state index contributed by atoms with van der Waals surface area (Å²) >= 11 is 0. The Morgan fingerprint density at radius 2 is 1.28 bits per heavy atom.